The summed E-state index contributed by atoms with van der Waals surface area (Å²) in [6, 6.07) is 5.16. The third-order valence-corrected chi connectivity index (χ3v) is 5.49. The number of rotatable bonds is 5. The zero-order chi connectivity index (χ0) is 17.2. The molecule has 3 rings (SSSR count). The molecular formula is C15H19FN4O3S. The van der Waals surface area contributed by atoms with Gasteiger partial charge in [0.05, 0.1) is 13.2 Å². The van der Waals surface area contributed by atoms with Crippen molar-refractivity contribution in [3.8, 4) is 0 Å². The molecule has 1 fully saturated rings. The third-order valence-electron chi connectivity index (χ3n) is 3.91. The van der Waals surface area contributed by atoms with Crippen molar-refractivity contribution < 1.29 is 17.5 Å². The molecule has 1 N–H and O–H groups in total. The van der Waals surface area contributed by atoms with Crippen molar-refractivity contribution >= 4 is 10.2 Å². The molecule has 0 spiro atoms. The zero-order valence-corrected chi connectivity index (χ0v) is 14.0. The Morgan fingerprint density at radius 2 is 2.00 bits per heavy atom. The summed E-state index contributed by atoms with van der Waals surface area (Å²) in [5.74, 6) is -0.0767. The number of aryl methyl sites for hydroxylation is 1. The second-order valence-electron chi connectivity index (χ2n) is 5.49. The summed E-state index contributed by atoms with van der Waals surface area (Å²) in [6.07, 6.45) is 3.23. The largest absolute Gasteiger partial charge is 0.379 e. The van der Waals surface area contributed by atoms with E-state index in [4.69, 9.17) is 4.74 Å². The number of hydrogen-bond donors (Lipinski definition) is 1. The van der Waals surface area contributed by atoms with Crippen LogP contribution in [0.25, 0.3) is 0 Å². The Hall–Kier alpha value is -1.81. The number of imidazole rings is 1. The quantitative estimate of drug-likeness (QED) is 0.862. The first-order valence-corrected chi connectivity index (χ1v) is 9.00. The van der Waals surface area contributed by atoms with Gasteiger partial charge in [0.2, 0.25) is 0 Å². The van der Waals surface area contributed by atoms with E-state index >= 15 is 0 Å². The molecule has 24 heavy (non-hydrogen) atoms. The Bertz CT molecular complexity index is 803. The summed E-state index contributed by atoms with van der Waals surface area (Å²) >= 11 is 0. The van der Waals surface area contributed by atoms with Gasteiger partial charge in [0.1, 0.15) is 17.7 Å². The van der Waals surface area contributed by atoms with E-state index in [1.807, 2.05) is 0 Å². The molecule has 0 saturated carbocycles. The number of aromatic nitrogens is 2. The van der Waals surface area contributed by atoms with Crippen molar-refractivity contribution in [2.45, 2.75) is 6.04 Å². The summed E-state index contributed by atoms with van der Waals surface area (Å²) in [5, 5.41) is 0. The fourth-order valence-corrected chi connectivity index (χ4v) is 3.94. The van der Waals surface area contributed by atoms with Crippen LogP contribution in [0.1, 0.15) is 17.4 Å². The van der Waals surface area contributed by atoms with Crippen LogP contribution in [0.5, 0.6) is 0 Å². The molecule has 1 aromatic heterocycles. The number of ether oxygens (including phenoxy) is 1. The Kier molecular flexibility index (Phi) is 4.95. The smallest absolute Gasteiger partial charge is 0.280 e. The molecule has 1 aliphatic heterocycles. The molecule has 0 radical (unpaired) electrons. The minimum Gasteiger partial charge on any atom is -0.379 e. The first-order valence-electron chi connectivity index (χ1n) is 7.56. The molecule has 9 heteroatoms. The van der Waals surface area contributed by atoms with E-state index in [0.29, 0.717) is 19.0 Å². The predicted octanol–water partition coefficient (Wildman–Crippen LogP) is 0.815. The van der Waals surface area contributed by atoms with Gasteiger partial charge in [0.25, 0.3) is 10.2 Å². The monoisotopic (exact) mass is 354 g/mol. The van der Waals surface area contributed by atoms with Crippen LogP contribution in [-0.4, -0.2) is 48.6 Å². The van der Waals surface area contributed by atoms with E-state index in [9.17, 15) is 12.8 Å². The molecule has 0 aliphatic carbocycles. The first kappa shape index (κ1) is 17.0. The molecule has 1 unspecified atom stereocenters. The average Bonchev–Trinajstić information content (AvgIpc) is 3.00. The maximum Gasteiger partial charge on any atom is 0.280 e. The van der Waals surface area contributed by atoms with Crippen LogP contribution < -0.4 is 4.72 Å². The Morgan fingerprint density at radius 1 is 1.29 bits per heavy atom. The number of halogens is 1. The number of benzene rings is 1. The fourth-order valence-electron chi connectivity index (χ4n) is 2.63. The molecular weight excluding hydrogens is 335 g/mol. The molecule has 0 amide bonds. The SMILES string of the molecule is Cn1ccnc1C(NS(=O)(=O)N1CCOCC1)c1ccccc1F. The van der Waals surface area contributed by atoms with Crippen LogP contribution in [-0.2, 0) is 22.0 Å². The van der Waals surface area contributed by atoms with E-state index in [1.54, 1.807) is 42.2 Å². The van der Waals surface area contributed by atoms with Crippen molar-refractivity contribution in [2.24, 2.45) is 7.05 Å². The predicted molar refractivity (Wildman–Crippen MR) is 85.9 cm³/mol. The molecule has 1 aliphatic rings. The minimum atomic E-state index is -3.81. The maximum atomic E-state index is 14.3. The van der Waals surface area contributed by atoms with Gasteiger partial charge in [-0.1, -0.05) is 18.2 Å². The van der Waals surface area contributed by atoms with E-state index in [1.165, 1.54) is 10.4 Å². The zero-order valence-electron chi connectivity index (χ0n) is 13.2. The second kappa shape index (κ2) is 6.98. The van der Waals surface area contributed by atoms with Gasteiger partial charge in [-0.2, -0.15) is 17.4 Å². The van der Waals surface area contributed by atoms with E-state index < -0.39 is 22.1 Å². The van der Waals surface area contributed by atoms with Crippen molar-refractivity contribution in [1.29, 1.82) is 0 Å². The Morgan fingerprint density at radius 3 is 2.62 bits per heavy atom. The van der Waals surface area contributed by atoms with Gasteiger partial charge in [-0.15, -0.1) is 0 Å². The lowest BCUT2D eigenvalue weighted by Crippen LogP contribution is -2.48. The lowest BCUT2D eigenvalue weighted by atomic mass is 10.1. The van der Waals surface area contributed by atoms with Crippen molar-refractivity contribution in [2.75, 3.05) is 26.3 Å². The van der Waals surface area contributed by atoms with Gasteiger partial charge in [0.15, 0.2) is 0 Å². The minimum absolute atomic E-state index is 0.226. The van der Waals surface area contributed by atoms with Gasteiger partial charge in [-0.25, -0.2) is 9.37 Å². The fraction of sp³-hybridized carbons (Fsp3) is 0.400. The summed E-state index contributed by atoms with van der Waals surface area (Å²) in [7, 11) is -2.07. The third kappa shape index (κ3) is 3.48. The van der Waals surface area contributed by atoms with Crippen LogP contribution >= 0.6 is 0 Å². The first-order chi connectivity index (χ1) is 11.5. The maximum absolute atomic E-state index is 14.3. The van der Waals surface area contributed by atoms with E-state index in [2.05, 4.69) is 9.71 Å². The second-order valence-corrected chi connectivity index (χ2v) is 7.19. The standard InChI is InChI=1S/C15H19FN4O3S/c1-19-7-6-17-15(19)14(12-4-2-3-5-13(12)16)18-24(21,22)20-8-10-23-11-9-20/h2-7,14,18H,8-11H2,1H3. The van der Waals surface area contributed by atoms with Crippen LogP contribution in [0.4, 0.5) is 4.39 Å². The Labute approximate surface area is 140 Å². The van der Waals surface area contributed by atoms with Crippen LogP contribution in [0.15, 0.2) is 36.7 Å². The van der Waals surface area contributed by atoms with Crippen LogP contribution in [0.2, 0.25) is 0 Å². The van der Waals surface area contributed by atoms with Crippen molar-refractivity contribution in [3.63, 3.8) is 0 Å². The number of nitrogens with one attached hydrogen (secondary N) is 1. The van der Waals surface area contributed by atoms with Crippen LogP contribution in [0, 0.1) is 5.82 Å². The molecule has 130 valence electrons. The number of morpholine rings is 1. The van der Waals surface area contributed by atoms with E-state index in [-0.39, 0.29) is 18.7 Å². The summed E-state index contributed by atoms with van der Waals surface area (Å²) in [5.41, 5.74) is 0.226. The molecule has 7 nitrogen and oxygen atoms in total. The summed E-state index contributed by atoms with van der Waals surface area (Å²) in [4.78, 5) is 4.19. The van der Waals surface area contributed by atoms with Gasteiger partial charge in [0, 0.05) is 38.1 Å². The molecule has 1 saturated heterocycles. The topological polar surface area (TPSA) is 76.5 Å². The van der Waals surface area contributed by atoms with Gasteiger partial charge >= 0.3 is 0 Å². The normalized spacial score (nSPS) is 17.8. The van der Waals surface area contributed by atoms with Gasteiger partial charge in [-0.3, -0.25) is 0 Å². The lowest BCUT2D eigenvalue weighted by molar-refractivity contribution is 0.0723. The molecule has 2 aromatic rings. The lowest BCUT2D eigenvalue weighted by Gasteiger charge is -2.28. The molecule has 1 atom stereocenters. The molecule has 0 bridgehead atoms. The highest BCUT2D eigenvalue weighted by molar-refractivity contribution is 7.87. The van der Waals surface area contributed by atoms with Gasteiger partial charge < -0.3 is 9.30 Å². The van der Waals surface area contributed by atoms with Crippen LogP contribution in [0.3, 0.4) is 0 Å². The average molecular weight is 354 g/mol. The number of hydrogen-bond acceptors (Lipinski definition) is 4. The highest BCUT2D eigenvalue weighted by Crippen LogP contribution is 2.24. The van der Waals surface area contributed by atoms with E-state index in [0.717, 1.165) is 0 Å². The van der Waals surface area contributed by atoms with Crippen molar-refractivity contribution in [1.82, 2.24) is 18.6 Å². The van der Waals surface area contributed by atoms with Gasteiger partial charge in [-0.05, 0) is 6.07 Å². The summed E-state index contributed by atoms with van der Waals surface area (Å²) in [6.45, 7) is 1.21. The van der Waals surface area contributed by atoms with Crippen molar-refractivity contribution in [3.05, 3.63) is 53.9 Å². The highest BCUT2D eigenvalue weighted by atomic mass is 32.2. The highest BCUT2D eigenvalue weighted by Gasteiger charge is 2.31. The summed E-state index contributed by atoms with van der Waals surface area (Å²) < 4.78 is 50.4. The number of nitrogens with zero attached hydrogens (tertiary/aromatic N) is 3. The molecule has 1 aromatic carbocycles. The Balaban J connectivity index is 1.97. The molecule has 2 heterocycles.